The van der Waals surface area contributed by atoms with Gasteiger partial charge in [-0.1, -0.05) is 41.5 Å². The SMILES string of the molecule is C=NC1=C(/C=C(\C)C=C(C)C)C(=O)c2ccccc2C1=O. The monoisotopic (exact) mass is 279 g/mol. The molecular formula is C18H17NO2. The van der Waals surface area contributed by atoms with Crippen molar-refractivity contribution >= 4 is 18.3 Å². The Balaban J connectivity index is 2.63. The molecule has 1 aliphatic rings. The molecule has 0 fully saturated rings. The van der Waals surface area contributed by atoms with Crippen molar-refractivity contribution in [1.29, 1.82) is 0 Å². The topological polar surface area (TPSA) is 46.5 Å². The van der Waals surface area contributed by atoms with Gasteiger partial charge in [0.25, 0.3) is 0 Å². The maximum Gasteiger partial charge on any atom is 0.212 e. The maximum absolute atomic E-state index is 12.6. The van der Waals surface area contributed by atoms with Gasteiger partial charge >= 0.3 is 0 Å². The number of benzene rings is 1. The van der Waals surface area contributed by atoms with Gasteiger partial charge in [0.15, 0.2) is 5.78 Å². The predicted molar refractivity (Wildman–Crippen MR) is 84.9 cm³/mol. The third-order valence-corrected chi connectivity index (χ3v) is 3.18. The summed E-state index contributed by atoms with van der Waals surface area (Å²) in [6.45, 7) is 9.27. The average molecular weight is 279 g/mol. The van der Waals surface area contributed by atoms with Crippen molar-refractivity contribution in [3.63, 3.8) is 0 Å². The van der Waals surface area contributed by atoms with Crippen molar-refractivity contribution in [3.8, 4) is 0 Å². The fraction of sp³-hybridized carbons (Fsp3) is 0.167. The quantitative estimate of drug-likeness (QED) is 0.621. The molecule has 0 amide bonds. The number of hydrogen-bond donors (Lipinski definition) is 0. The van der Waals surface area contributed by atoms with Gasteiger partial charge in [-0.2, -0.15) is 0 Å². The van der Waals surface area contributed by atoms with E-state index < -0.39 is 0 Å². The summed E-state index contributed by atoms with van der Waals surface area (Å²) in [4.78, 5) is 28.8. The summed E-state index contributed by atoms with van der Waals surface area (Å²) >= 11 is 0. The molecule has 1 aliphatic carbocycles. The molecule has 0 spiro atoms. The molecule has 0 bridgehead atoms. The molecule has 3 heteroatoms. The number of rotatable bonds is 3. The molecule has 0 radical (unpaired) electrons. The van der Waals surface area contributed by atoms with E-state index in [0.717, 1.165) is 11.1 Å². The minimum atomic E-state index is -0.253. The Morgan fingerprint density at radius 2 is 1.62 bits per heavy atom. The van der Waals surface area contributed by atoms with Crippen molar-refractivity contribution in [2.75, 3.05) is 0 Å². The smallest absolute Gasteiger partial charge is 0.212 e. The van der Waals surface area contributed by atoms with Gasteiger partial charge in [0.05, 0.1) is 5.57 Å². The number of aliphatic imine (C=N–C) groups is 1. The first-order valence-corrected chi connectivity index (χ1v) is 6.68. The molecule has 0 N–H and O–H groups in total. The summed E-state index contributed by atoms with van der Waals surface area (Å²) in [6.07, 6.45) is 3.65. The Kier molecular flexibility index (Phi) is 4.13. The van der Waals surface area contributed by atoms with Gasteiger partial charge < -0.3 is 0 Å². The summed E-state index contributed by atoms with van der Waals surface area (Å²) < 4.78 is 0. The lowest BCUT2D eigenvalue weighted by molar-refractivity contribution is 0.0977. The lowest BCUT2D eigenvalue weighted by Gasteiger charge is -2.16. The second-order valence-electron chi connectivity index (χ2n) is 5.23. The van der Waals surface area contributed by atoms with E-state index in [1.165, 1.54) is 0 Å². The normalized spacial score (nSPS) is 14.9. The molecule has 21 heavy (non-hydrogen) atoms. The van der Waals surface area contributed by atoms with Crippen LogP contribution in [0.3, 0.4) is 0 Å². The first kappa shape index (κ1) is 14.9. The second kappa shape index (κ2) is 5.83. The molecule has 0 aliphatic heterocycles. The highest BCUT2D eigenvalue weighted by Crippen LogP contribution is 2.28. The van der Waals surface area contributed by atoms with Gasteiger partial charge in [-0.25, -0.2) is 0 Å². The van der Waals surface area contributed by atoms with E-state index in [9.17, 15) is 9.59 Å². The molecule has 0 heterocycles. The van der Waals surface area contributed by atoms with Gasteiger partial charge in [0, 0.05) is 11.1 Å². The number of carbonyl (C=O) groups excluding carboxylic acids is 2. The van der Waals surface area contributed by atoms with Crippen molar-refractivity contribution in [2.24, 2.45) is 4.99 Å². The third kappa shape index (κ3) is 2.82. The summed E-state index contributed by atoms with van der Waals surface area (Å²) in [5.74, 6) is -0.439. The predicted octanol–water partition coefficient (Wildman–Crippen LogP) is 3.93. The molecular weight excluding hydrogens is 262 g/mol. The van der Waals surface area contributed by atoms with Crippen LogP contribution in [-0.4, -0.2) is 18.3 Å². The zero-order valence-corrected chi connectivity index (χ0v) is 12.4. The summed E-state index contributed by atoms with van der Waals surface area (Å²) in [5, 5.41) is 0. The van der Waals surface area contributed by atoms with Crippen LogP contribution in [0.1, 0.15) is 41.5 Å². The Labute approximate surface area is 124 Å². The van der Waals surface area contributed by atoms with Crippen LogP contribution < -0.4 is 0 Å². The first-order valence-electron chi connectivity index (χ1n) is 6.68. The van der Waals surface area contributed by atoms with Gasteiger partial charge in [-0.05, 0) is 33.6 Å². The Hall–Kier alpha value is -2.55. The lowest BCUT2D eigenvalue weighted by atomic mass is 9.86. The summed E-state index contributed by atoms with van der Waals surface area (Å²) in [6, 6.07) is 6.80. The first-order chi connectivity index (χ1) is 9.95. The molecule has 0 unspecified atom stereocenters. The molecule has 1 aromatic rings. The van der Waals surface area contributed by atoms with Crippen LogP contribution in [0.25, 0.3) is 0 Å². The van der Waals surface area contributed by atoms with Crippen LogP contribution in [-0.2, 0) is 0 Å². The minimum absolute atomic E-state index is 0.125. The van der Waals surface area contributed by atoms with Crippen molar-refractivity contribution in [3.05, 3.63) is 70.0 Å². The zero-order valence-electron chi connectivity index (χ0n) is 12.4. The summed E-state index contributed by atoms with van der Waals surface area (Å²) in [5.41, 5.74) is 3.26. The zero-order chi connectivity index (χ0) is 15.6. The number of hydrogen-bond acceptors (Lipinski definition) is 3. The molecule has 2 rings (SSSR count). The molecule has 0 aromatic heterocycles. The van der Waals surface area contributed by atoms with Gasteiger partial charge in [0.2, 0.25) is 5.78 Å². The molecule has 1 aromatic carbocycles. The number of allylic oxidation sites excluding steroid dienone is 6. The second-order valence-corrected chi connectivity index (χ2v) is 5.23. The highest BCUT2D eigenvalue weighted by Gasteiger charge is 2.30. The van der Waals surface area contributed by atoms with Crippen LogP contribution >= 0.6 is 0 Å². The van der Waals surface area contributed by atoms with Crippen molar-refractivity contribution in [1.82, 2.24) is 0 Å². The van der Waals surface area contributed by atoms with Crippen molar-refractivity contribution < 1.29 is 9.59 Å². The van der Waals surface area contributed by atoms with Crippen LogP contribution in [0.2, 0.25) is 0 Å². The highest BCUT2D eigenvalue weighted by atomic mass is 16.1. The van der Waals surface area contributed by atoms with Gasteiger partial charge in [-0.3, -0.25) is 14.6 Å². The lowest BCUT2D eigenvalue weighted by Crippen LogP contribution is -2.20. The number of fused-ring (bicyclic) bond motifs is 1. The number of nitrogens with zero attached hydrogens (tertiary/aromatic N) is 1. The van der Waals surface area contributed by atoms with E-state index in [0.29, 0.717) is 16.7 Å². The van der Waals surface area contributed by atoms with Gasteiger partial charge in [0.1, 0.15) is 5.70 Å². The number of carbonyl (C=O) groups is 2. The van der Waals surface area contributed by atoms with Crippen LogP contribution in [0, 0.1) is 0 Å². The number of Topliss-reactive ketones (excluding diaryl/α,β-unsaturated/α-hetero) is 2. The van der Waals surface area contributed by atoms with E-state index in [1.807, 2.05) is 26.8 Å². The third-order valence-electron chi connectivity index (χ3n) is 3.18. The fourth-order valence-corrected chi connectivity index (χ4v) is 2.40. The minimum Gasteiger partial charge on any atom is -0.288 e. The average Bonchev–Trinajstić information content (AvgIpc) is 2.44. The van der Waals surface area contributed by atoms with E-state index in [-0.39, 0.29) is 17.3 Å². The van der Waals surface area contributed by atoms with Crippen LogP contribution in [0.15, 0.2) is 63.8 Å². The maximum atomic E-state index is 12.6. The molecule has 0 atom stereocenters. The largest absolute Gasteiger partial charge is 0.288 e. The van der Waals surface area contributed by atoms with Crippen molar-refractivity contribution in [2.45, 2.75) is 20.8 Å². The van der Waals surface area contributed by atoms with E-state index in [4.69, 9.17) is 0 Å². The summed E-state index contributed by atoms with van der Waals surface area (Å²) in [7, 11) is 0. The van der Waals surface area contributed by atoms with E-state index in [2.05, 4.69) is 11.7 Å². The molecule has 0 saturated heterocycles. The van der Waals surface area contributed by atoms with E-state index in [1.54, 1.807) is 30.3 Å². The van der Waals surface area contributed by atoms with Crippen LogP contribution in [0.5, 0.6) is 0 Å². The van der Waals surface area contributed by atoms with Crippen LogP contribution in [0.4, 0.5) is 0 Å². The Morgan fingerprint density at radius 3 is 2.14 bits per heavy atom. The number of ketones is 2. The molecule has 106 valence electrons. The fourth-order valence-electron chi connectivity index (χ4n) is 2.40. The van der Waals surface area contributed by atoms with E-state index >= 15 is 0 Å². The Morgan fingerprint density at radius 1 is 1.05 bits per heavy atom. The highest BCUT2D eigenvalue weighted by molar-refractivity contribution is 6.28. The molecule has 3 nitrogen and oxygen atoms in total. The van der Waals surface area contributed by atoms with Gasteiger partial charge in [-0.15, -0.1) is 0 Å². The standard InChI is InChI=1S/C18H17NO2/c1-11(2)9-12(3)10-15-16(19-4)18(21)14-8-6-5-7-13(14)17(15)20/h5-10H,4H2,1-3H3/b12-10+. The molecule has 0 saturated carbocycles. The Bertz CT molecular complexity index is 729.